The minimum Gasteiger partial charge on any atom is -0.330 e. The van der Waals surface area contributed by atoms with Crippen molar-refractivity contribution in [1.82, 2.24) is 5.32 Å². The van der Waals surface area contributed by atoms with Crippen molar-refractivity contribution < 1.29 is 0 Å². The summed E-state index contributed by atoms with van der Waals surface area (Å²) in [6.07, 6.45) is 0.968. The highest BCUT2D eigenvalue weighted by atomic mass is 14.9. The highest BCUT2D eigenvalue weighted by Gasteiger charge is 2.24. The van der Waals surface area contributed by atoms with Crippen LogP contribution in [0.5, 0.6) is 0 Å². The van der Waals surface area contributed by atoms with E-state index in [1.807, 2.05) is 0 Å². The summed E-state index contributed by atoms with van der Waals surface area (Å²) in [7, 11) is 0. The molecule has 5 nitrogen and oxygen atoms in total. The highest BCUT2D eigenvalue weighted by Crippen LogP contribution is 2.08. The Bertz CT molecular complexity index is 105. The minimum atomic E-state index is -0.144. The van der Waals surface area contributed by atoms with Crippen molar-refractivity contribution in [2.75, 3.05) is 39.3 Å². The topological polar surface area (TPSA) is 116 Å². The van der Waals surface area contributed by atoms with Gasteiger partial charge in [0.2, 0.25) is 0 Å². The Morgan fingerprint density at radius 1 is 0.923 bits per heavy atom. The third-order valence-corrected chi connectivity index (χ3v) is 2.36. The molecule has 0 saturated heterocycles. The van der Waals surface area contributed by atoms with Crippen LogP contribution in [-0.2, 0) is 0 Å². The monoisotopic (exact) mass is 189 g/mol. The van der Waals surface area contributed by atoms with Crippen molar-refractivity contribution in [3.8, 4) is 0 Å². The Balaban J connectivity index is 3.68. The molecule has 0 rings (SSSR count). The molecule has 0 amide bonds. The van der Waals surface area contributed by atoms with E-state index in [0.717, 1.165) is 19.5 Å². The zero-order valence-electron chi connectivity index (χ0n) is 8.26. The molecule has 0 heterocycles. The van der Waals surface area contributed by atoms with Gasteiger partial charge in [-0.25, -0.2) is 0 Å². The first kappa shape index (κ1) is 12.8. The second-order valence-corrected chi connectivity index (χ2v) is 3.43. The summed E-state index contributed by atoms with van der Waals surface area (Å²) in [4.78, 5) is 0. The summed E-state index contributed by atoms with van der Waals surface area (Å²) < 4.78 is 0. The Morgan fingerprint density at radius 3 is 1.85 bits per heavy atom. The first-order chi connectivity index (χ1) is 6.24. The van der Waals surface area contributed by atoms with Gasteiger partial charge in [-0.2, -0.15) is 0 Å². The molecule has 0 aliphatic rings. The van der Waals surface area contributed by atoms with Crippen LogP contribution in [0.4, 0.5) is 0 Å². The lowest BCUT2D eigenvalue weighted by atomic mass is 9.88. The van der Waals surface area contributed by atoms with Crippen molar-refractivity contribution >= 4 is 0 Å². The molecule has 0 atom stereocenters. The summed E-state index contributed by atoms with van der Waals surface area (Å²) in [5.74, 6) is 0. The van der Waals surface area contributed by atoms with Gasteiger partial charge in [0.1, 0.15) is 0 Å². The Labute approximate surface area is 80.2 Å². The van der Waals surface area contributed by atoms with Gasteiger partial charge in [-0.15, -0.1) is 0 Å². The molecule has 0 saturated carbocycles. The predicted octanol–water partition coefficient (Wildman–Crippen LogP) is -2.21. The van der Waals surface area contributed by atoms with Crippen LogP contribution in [0.15, 0.2) is 0 Å². The molecule has 0 spiro atoms. The lowest BCUT2D eigenvalue weighted by Crippen LogP contribution is -2.51. The molecular weight excluding hydrogens is 166 g/mol. The number of rotatable bonds is 8. The third kappa shape index (κ3) is 4.54. The Kier molecular flexibility index (Phi) is 7.12. The first-order valence-electron chi connectivity index (χ1n) is 4.75. The maximum atomic E-state index is 5.62. The molecule has 0 bridgehead atoms. The van der Waals surface area contributed by atoms with Crippen LogP contribution < -0.4 is 28.3 Å². The van der Waals surface area contributed by atoms with E-state index in [9.17, 15) is 0 Å². The van der Waals surface area contributed by atoms with Gasteiger partial charge in [0.15, 0.2) is 0 Å². The maximum Gasteiger partial charge on any atom is 0.0195 e. The van der Waals surface area contributed by atoms with Crippen molar-refractivity contribution in [3.63, 3.8) is 0 Å². The fraction of sp³-hybridized carbons (Fsp3) is 1.00. The average molecular weight is 189 g/mol. The van der Waals surface area contributed by atoms with E-state index in [0.29, 0.717) is 26.2 Å². The van der Waals surface area contributed by atoms with Gasteiger partial charge in [0.05, 0.1) is 0 Å². The van der Waals surface area contributed by atoms with E-state index >= 15 is 0 Å². The molecule has 0 aliphatic heterocycles. The van der Waals surface area contributed by atoms with Crippen LogP contribution in [0.2, 0.25) is 0 Å². The lowest BCUT2D eigenvalue weighted by molar-refractivity contribution is 0.302. The molecule has 0 fully saturated rings. The average Bonchev–Trinajstić information content (AvgIpc) is 2.20. The third-order valence-electron chi connectivity index (χ3n) is 2.36. The van der Waals surface area contributed by atoms with Crippen LogP contribution in [0.3, 0.4) is 0 Å². The number of hydrogen-bond acceptors (Lipinski definition) is 5. The predicted molar refractivity (Wildman–Crippen MR) is 56.1 cm³/mol. The van der Waals surface area contributed by atoms with Crippen molar-refractivity contribution in [2.45, 2.75) is 6.42 Å². The largest absolute Gasteiger partial charge is 0.330 e. The number of nitrogens with two attached hydrogens (primary N) is 4. The smallest absolute Gasteiger partial charge is 0.0195 e. The molecule has 0 radical (unpaired) electrons. The molecule has 0 aliphatic carbocycles. The van der Waals surface area contributed by atoms with Gasteiger partial charge in [0.25, 0.3) is 0 Å². The van der Waals surface area contributed by atoms with E-state index < -0.39 is 0 Å². The summed E-state index contributed by atoms with van der Waals surface area (Å²) in [5.41, 5.74) is 22.1. The van der Waals surface area contributed by atoms with Gasteiger partial charge >= 0.3 is 0 Å². The fourth-order valence-corrected chi connectivity index (χ4v) is 1.05. The molecule has 0 aromatic carbocycles. The molecule has 9 N–H and O–H groups in total. The Morgan fingerprint density at radius 2 is 1.46 bits per heavy atom. The quantitative estimate of drug-likeness (QED) is 0.278. The lowest BCUT2D eigenvalue weighted by Gasteiger charge is -2.29. The van der Waals surface area contributed by atoms with Gasteiger partial charge in [-0.1, -0.05) is 0 Å². The van der Waals surface area contributed by atoms with Crippen LogP contribution in [-0.4, -0.2) is 39.3 Å². The molecule has 0 aromatic rings. The van der Waals surface area contributed by atoms with Crippen LogP contribution in [0, 0.1) is 5.41 Å². The Hall–Kier alpha value is -0.200. The first-order valence-corrected chi connectivity index (χ1v) is 4.75. The van der Waals surface area contributed by atoms with Crippen molar-refractivity contribution in [2.24, 2.45) is 28.3 Å². The molecule has 13 heavy (non-hydrogen) atoms. The van der Waals surface area contributed by atoms with E-state index in [1.165, 1.54) is 0 Å². The van der Waals surface area contributed by atoms with Gasteiger partial charge in [-0.05, 0) is 19.5 Å². The second kappa shape index (κ2) is 7.23. The van der Waals surface area contributed by atoms with E-state index in [-0.39, 0.29) is 5.41 Å². The summed E-state index contributed by atoms with van der Waals surface area (Å²) in [6.45, 7) is 3.95. The molecule has 0 aromatic heterocycles. The second-order valence-electron chi connectivity index (χ2n) is 3.43. The van der Waals surface area contributed by atoms with Gasteiger partial charge in [-0.3, -0.25) is 0 Å². The molecule has 80 valence electrons. The molecular formula is C8H23N5. The zero-order valence-corrected chi connectivity index (χ0v) is 8.26. The standard InChI is InChI=1S/C8H23N5/c9-2-1-3-13-7-8(4-10,5-11)6-12/h13H,1-7,9-12H2. The van der Waals surface area contributed by atoms with E-state index in [4.69, 9.17) is 22.9 Å². The van der Waals surface area contributed by atoms with Gasteiger partial charge < -0.3 is 28.3 Å². The SMILES string of the molecule is NCCCNCC(CN)(CN)CN. The number of nitrogens with one attached hydrogen (secondary N) is 1. The zero-order chi connectivity index (χ0) is 10.2. The molecule has 5 heteroatoms. The number of hydrogen-bond donors (Lipinski definition) is 5. The van der Waals surface area contributed by atoms with Crippen LogP contribution in [0.25, 0.3) is 0 Å². The summed E-state index contributed by atoms with van der Waals surface area (Å²) in [6, 6.07) is 0. The molecule has 0 unspecified atom stereocenters. The normalized spacial score (nSPS) is 12.0. The van der Waals surface area contributed by atoms with Crippen molar-refractivity contribution in [1.29, 1.82) is 0 Å². The highest BCUT2D eigenvalue weighted by molar-refractivity contribution is 4.84. The van der Waals surface area contributed by atoms with E-state index in [2.05, 4.69) is 5.32 Å². The fourth-order valence-electron chi connectivity index (χ4n) is 1.05. The summed E-state index contributed by atoms with van der Waals surface area (Å²) in [5, 5.41) is 3.26. The van der Waals surface area contributed by atoms with Gasteiger partial charge in [0, 0.05) is 31.6 Å². The maximum absolute atomic E-state index is 5.62. The van der Waals surface area contributed by atoms with Crippen LogP contribution in [0.1, 0.15) is 6.42 Å². The van der Waals surface area contributed by atoms with Crippen LogP contribution >= 0.6 is 0 Å². The minimum absolute atomic E-state index is 0.144. The summed E-state index contributed by atoms with van der Waals surface area (Å²) >= 11 is 0. The van der Waals surface area contributed by atoms with Crippen molar-refractivity contribution in [3.05, 3.63) is 0 Å². The van der Waals surface area contributed by atoms with E-state index in [1.54, 1.807) is 0 Å².